The molecule has 1 aliphatic rings. The van der Waals surface area contributed by atoms with Crippen molar-refractivity contribution in [3.8, 4) is 11.4 Å². The average Bonchev–Trinajstić information content (AvgIpc) is 3.41. The van der Waals surface area contributed by atoms with Gasteiger partial charge in [-0.15, -0.1) is 32.9 Å². The summed E-state index contributed by atoms with van der Waals surface area (Å²) in [5.74, 6) is 0.464. The number of nitrogens with zero attached hydrogens (tertiary/aromatic N) is 3. The lowest BCUT2D eigenvalue weighted by molar-refractivity contribution is -0.113. The number of methoxy groups -OCH3 is 1. The van der Waals surface area contributed by atoms with Crippen LogP contribution < -0.4 is 5.32 Å². The number of ether oxygens (including phenoxy) is 1. The van der Waals surface area contributed by atoms with Crippen LogP contribution in [-0.2, 0) is 28.9 Å². The molecule has 4 rings (SSSR count). The fraction of sp³-hybridized carbons (Fsp3) is 0.478. The summed E-state index contributed by atoms with van der Waals surface area (Å²) < 4.78 is 7.07. The fourth-order valence-electron chi connectivity index (χ4n) is 4.06. The SMILES string of the molecule is CCn1c(SCC(=O)Nc2sc3c(c2C(=O)OC)CCCCC3)nnc1-c1csc(C)c1C. The van der Waals surface area contributed by atoms with E-state index in [1.165, 1.54) is 45.5 Å². The van der Waals surface area contributed by atoms with Crippen molar-refractivity contribution < 1.29 is 14.3 Å². The van der Waals surface area contributed by atoms with Gasteiger partial charge in [-0.2, -0.15) is 0 Å². The van der Waals surface area contributed by atoms with Gasteiger partial charge in [0.1, 0.15) is 5.00 Å². The summed E-state index contributed by atoms with van der Waals surface area (Å²) in [7, 11) is 1.39. The minimum Gasteiger partial charge on any atom is -0.465 e. The minimum absolute atomic E-state index is 0.170. The second-order valence-electron chi connectivity index (χ2n) is 7.98. The maximum absolute atomic E-state index is 12.8. The lowest BCUT2D eigenvalue weighted by Crippen LogP contribution is -2.16. The van der Waals surface area contributed by atoms with Gasteiger partial charge in [0.15, 0.2) is 11.0 Å². The van der Waals surface area contributed by atoms with E-state index >= 15 is 0 Å². The number of thiophene rings is 2. The van der Waals surface area contributed by atoms with Crippen molar-refractivity contribution in [3.63, 3.8) is 0 Å². The predicted octanol–water partition coefficient (Wildman–Crippen LogP) is 5.49. The maximum Gasteiger partial charge on any atom is 0.341 e. The summed E-state index contributed by atoms with van der Waals surface area (Å²) in [6.07, 6.45) is 5.11. The molecule has 0 saturated carbocycles. The molecule has 7 nitrogen and oxygen atoms in total. The number of carbonyl (C=O) groups is 2. The van der Waals surface area contributed by atoms with Gasteiger partial charge < -0.3 is 14.6 Å². The van der Waals surface area contributed by atoms with Crippen molar-refractivity contribution in [1.29, 1.82) is 0 Å². The number of esters is 1. The molecule has 33 heavy (non-hydrogen) atoms. The standard InChI is InChI=1S/C23H28N4O3S3/c1-5-27-20(16-11-31-14(3)13(16)2)25-26-23(27)32-12-18(28)24-21-19(22(29)30-4)15-9-7-6-8-10-17(15)33-21/h11H,5-10,12H2,1-4H3,(H,24,28). The largest absolute Gasteiger partial charge is 0.465 e. The molecule has 3 aromatic rings. The van der Waals surface area contributed by atoms with Crippen molar-refractivity contribution >= 4 is 51.3 Å². The molecule has 1 N–H and O–H groups in total. The molecule has 10 heteroatoms. The number of hydrogen-bond acceptors (Lipinski definition) is 8. The van der Waals surface area contributed by atoms with Gasteiger partial charge in [-0.3, -0.25) is 4.79 Å². The van der Waals surface area contributed by atoms with Gasteiger partial charge in [0.25, 0.3) is 0 Å². The molecule has 0 fully saturated rings. The Hall–Kier alpha value is -2.17. The third-order valence-corrected chi connectivity index (χ3v) is 9.14. The van der Waals surface area contributed by atoms with E-state index in [2.05, 4.69) is 34.7 Å². The highest BCUT2D eigenvalue weighted by molar-refractivity contribution is 7.99. The minimum atomic E-state index is -0.380. The Morgan fingerprint density at radius 1 is 1.21 bits per heavy atom. The number of thioether (sulfide) groups is 1. The summed E-state index contributed by atoms with van der Waals surface area (Å²) in [5, 5.41) is 15.1. The van der Waals surface area contributed by atoms with E-state index in [1.807, 2.05) is 11.5 Å². The van der Waals surface area contributed by atoms with Gasteiger partial charge in [0, 0.05) is 27.2 Å². The molecule has 0 bridgehead atoms. The van der Waals surface area contributed by atoms with Crippen LogP contribution in [0.25, 0.3) is 11.4 Å². The van der Waals surface area contributed by atoms with Crippen LogP contribution in [0.3, 0.4) is 0 Å². The normalized spacial score (nSPS) is 13.5. The second kappa shape index (κ2) is 10.4. The Morgan fingerprint density at radius 3 is 2.70 bits per heavy atom. The molecule has 0 radical (unpaired) electrons. The maximum atomic E-state index is 12.8. The Kier molecular flexibility index (Phi) is 7.55. The van der Waals surface area contributed by atoms with Gasteiger partial charge in [0.05, 0.1) is 18.4 Å². The smallest absolute Gasteiger partial charge is 0.341 e. The number of hydrogen-bond donors (Lipinski definition) is 1. The lowest BCUT2D eigenvalue weighted by atomic mass is 10.1. The van der Waals surface area contributed by atoms with Crippen molar-refractivity contribution in [1.82, 2.24) is 14.8 Å². The fourth-order valence-corrected chi connectivity index (χ4v) is 7.01. The highest BCUT2D eigenvalue weighted by Crippen LogP contribution is 2.38. The van der Waals surface area contributed by atoms with Crippen LogP contribution in [0.2, 0.25) is 0 Å². The molecule has 3 heterocycles. The van der Waals surface area contributed by atoms with E-state index in [0.717, 1.165) is 49.1 Å². The third-order valence-electron chi connectivity index (χ3n) is 5.96. The van der Waals surface area contributed by atoms with Gasteiger partial charge in [-0.25, -0.2) is 4.79 Å². The molecule has 3 aromatic heterocycles. The first-order valence-electron chi connectivity index (χ1n) is 11.1. The molecule has 176 valence electrons. The van der Waals surface area contributed by atoms with E-state index in [9.17, 15) is 9.59 Å². The van der Waals surface area contributed by atoms with Crippen molar-refractivity contribution in [2.75, 3.05) is 18.2 Å². The number of carbonyl (C=O) groups excluding carboxylic acids is 2. The van der Waals surface area contributed by atoms with Gasteiger partial charge in [-0.1, -0.05) is 18.2 Å². The third kappa shape index (κ3) is 4.88. The first-order chi connectivity index (χ1) is 15.9. The molecule has 0 unspecified atom stereocenters. The second-order valence-corrected chi connectivity index (χ2v) is 11.1. The Morgan fingerprint density at radius 2 is 2.00 bits per heavy atom. The Bertz CT molecular complexity index is 1180. The number of amides is 1. The zero-order valence-corrected chi connectivity index (χ0v) is 21.8. The first-order valence-corrected chi connectivity index (χ1v) is 13.8. The first kappa shape index (κ1) is 24.0. The summed E-state index contributed by atoms with van der Waals surface area (Å²) in [4.78, 5) is 27.8. The average molecular weight is 505 g/mol. The highest BCUT2D eigenvalue weighted by Gasteiger charge is 2.26. The summed E-state index contributed by atoms with van der Waals surface area (Å²) in [5.41, 5.74) is 3.87. The van der Waals surface area contributed by atoms with E-state index in [1.54, 1.807) is 11.3 Å². The number of fused-ring (bicyclic) bond motifs is 1. The zero-order chi connectivity index (χ0) is 23.5. The van der Waals surface area contributed by atoms with Crippen molar-refractivity contribution in [3.05, 3.63) is 31.8 Å². The molecule has 1 aliphatic carbocycles. The molecular weight excluding hydrogens is 476 g/mol. The quantitative estimate of drug-likeness (QED) is 0.260. The predicted molar refractivity (Wildman–Crippen MR) is 135 cm³/mol. The number of nitrogens with one attached hydrogen (secondary N) is 1. The van der Waals surface area contributed by atoms with E-state index < -0.39 is 0 Å². The van der Waals surface area contributed by atoms with Crippen LogP contribution >= 0.6 is 34.4 Å². The molecule has 0 spiro atoms. The molecule has 0 saturated heterocycles. The van der Waals surface area contributed by atoms with Crippen molar-refractivity contribution in [2.24, 2.45) is 0 Å². The van der Waals surface area contributed by atoms with E-state index in [0.29, 0.717) is 22.3 Å². The number of aromatic nitrogens is 3. The summed E-state index contributed by atoms with van der Waals surface area (Å²) in [6.45, 7) is 6.96. The monoisotopic (exact) mass is 504 g/mol. The summed E-state index contributed by atoms with van der Waals surface area (Å²) >= 11 is 4.57. The van der Waals surface area contributed by atoms with Crippen LogP contribution in [0.4, 0.5) is 5.00 Å². The van der Waals surface area contributed by atoms with Crippen LogP contribution in [0.5, 0.6) is 0 Å². The zero-order valence-electron chi connectivity index (χ0n) is 19.3. The molecular formula is C23H28N4O3S3. The molecule has 0 aromatic carbocycles. The Labute approximate surface area is 206 Å². The van der Waals surface area contributed by atoms with Crippen LogP contribution in [0.1, 0.15) is 57.4 Å². The van der Waals surface area contributed by atoms with E-state index in [-0.39, 0.29) is 17.6 Å². The molecule has 0 atom stereocenters. The summed E-state index contributed by atoms with van der Waals surface area (Å²) in [6, 6.07) is 0. The van der Waals surface area contributed by atoms with E-state index in [4.69, 9.17) is 4.74 Å². The number of anilines is 1. The molecule has 0 aliphatic heterocycles. The van der Waals surface area contributed by atoms with Crippen LogP contribution in [0, 0.1) is 13.8 Å². The highest BCUT2D eigenvalue weighted by atomic mass is 32.2. The van der Waals surface area contributed by atoms with Gasteiger partial charge in [0.2, 0.25) is 5.91 Å². The molecule has 1 amide bonds. The lowest BCUT2D eigenvalue weighted by Gasteiger charge is -2.09. The van der Waals surface area contributed by atoms with Crippen molar-refractivity contribution in [2.45, 2.75) is 64.6 Å². The van der Waals surface area contributed by atoms with Gasteiger partial charge >= 0.3 is 5.97 Å². The number of aryl methyl sites for hydroxylation is 2. The number of rotatable bonds is 7. The van der Waals surface area contributed by atoms with Crippen LogP contribution in [-0.4, -0.2) is 39.5 Å². The topological polar surface area (TPSA) is 86.1 Å². The van der Waals surface area contributed by atoms with Crippen LogP contribution in [0.15, 0.2) is 10.5 Å². The van der Waals surface area contributed by atoms with Gasteiger partial charge in [-0.05, 0) is 57.6 Å². The Balaban J connectivity index is 1.50.